The van der Waals surface area contributed by atoms with Gasteiger partial charge < -0.3 is 10.1 Å². The smallest absolute Gasteiger partial charge is 0.0600 e. The van der Waals surface area contributed by atoms with Gasteiger partial charge in [-0.2, -0.15) is 0 Å². The molecule has 1 unspecified atom stereocenters. The van der Waals surface area contributed by atoms with E-state index in [-0.39, 0.29) is 5.60 Å². The summed E-state index contributed by atoms with van der Waals surface area (Å²) in [6.07, 6.45) is 2.41. The monoisotopic (exact) mass is 284 g/mol. The van der Waals surface area contributed by atoms with Gasteiger partial charge in [-0.1, -0.05) is 27.7 Å². The molecule has 0 aromatic heterocycles. The Kier molecular flexibility index (Phi) is 6.49. The average molecular weight is 284 g/mol. The summed E-state index contributed by atoms with van der Waals surface area (Å²) in [6.45, 7) is 19.8. The first-order chi connectivity index (χ1) is 9.24. The first kappa shape index (κ1) is 17.9. The van der Waals surface area contributed by atoms with Crippen LogP contribution in [0.1, 0.15) is 61.3 Å². The molecule has 0 radical (unpaired) electrons. The van der Waals surface area contributed by atoms with Crippen LogP contribution in [-0.4, -0.2) is 48.3 Å². The average Bonchev–Trinajstić information content (AvgIpc) is 2.37. The molecular formula is C17H36N2O. The summed E-state index contributed by atoms with van der Waals surface area (Å²) < 4.78 is 5.95. The Morgan fingerprint density at radius 1 is 1.25 bits per heavy atom. The molecule has 0 saturated carbocycles. The number of hydrogen-bond acceptors (Lipinski definition) is 3. The fraction of sp³-hybridized carbons (Fsp3) is 1.00. The second-order valence-corrected chi connectivity index (χ2v) is 7.57. The number of piperazine rings is 1. The van der Waals surface area contributed by atoms with Crippen molar-refractivity contribution in [1.29, 1.82) is 0 Å². The molecule has 1 atom stereocenters. The highest BCUT2D eigenvalue weighted by Crippen LogP contribution is 2.28. The van der Waals surface area contributed by atoms with Crippen molar-refractivity contribution in [3.8, 4) is 0 Å². The van der Waals surface area contributed by atoms with Gasteiger partial charge in [0.05, 0.1) is 12.2 Å². The second kappa shape index (κ2) is 7.24. The van der Waals surface area contributed by atoms with Crippen LogP contribution in [0.3, 0.4) is 0 Å². The van der Waals surface area contributed by atoms with E-state index < -0.39 is 0 Å². The number of nitrogens with one attached hydrogen (secondary N) is 1. The van der Waals surface area contributed by atoms with Crippen molar-refractivity contribution in [2.45, 2.75) is 78.5 Å². The molecule has 20 heavy (non-hydrogen) atoms. The predicted molar refractivity (Wildman–Crippen MR) is 87.2 cm³/mol. The molecule has 1 aliphatic rings. The van der Waals surface area contributed by atoms with Gasteiger partial charge in [0.25, 0.3) is 0 Å². The minimum atomic E-state index is -0.0351. The van der Waals surface area contributed by atoms with Gasteiger partial charge in [0.2, 0.25) is 0 Å². The lowest BCUT2D eigenvalue weighted by molar-refractivity contribution is -0.0444. The molecule has 0 aromatic rings. The molecule has 1 rings (SSSR count). The lowest BCUT2D eigenvalue weighted by Crippen LogP contribution is -2.65. The van der Waals surface area contributed by atoms with Crippen LogP contribution in [0.2, 0.25) is 0 Å². The summed E-state index contributed by atoms with van der Waals surface area (Å²) in [6, 6.07) is 0.607. The van der Waals surface area contributed by atoms with Gasteiger partial charge >= 0.3 is 0 Å². The zero-order valence-corrected chi connectivity index (χ0v) is 14.8. The molecule has 0 bridgehead atoms. The van der Waals surface area contributed by atoms with Gasteiger partial charge in [-0.05, 0) is 39.5 Å². The summed E-state index contributed by atoms with van der Waals surface area (Å²) in [5.41, 5.74) is 0.277. The van der Waals surface area contributed by atoms with Crippen molar-refractivity contribution in [2.24, 2.45) is 5.92 Å². The topological polar surface area (TPSA) is 24.5 Å². The van der Waals surface area contributed by atoms with Crippen LogP contribution in [0.15, 0.2) is 0 Å². The van der Waals surface area contributed by atoms with E-state index in [1.807, 2.05) is 0 Å². The largest absolute Gasteiger partial charge is 0.375 e. The Morgan fingerprint density at radius 3 is 2.30 bits per heavy atom. The maximum atomic E-state index is 5.95. The minimum absolute atomic E-state index is 0.0351. The molecule has 3 heteroatoms. The Labute approximate surface area is 126 Å². The number of ether oxygens (including phenoxy) is 1. The van der Waals surface area contributed by atoms with Gasteiger partial charge in [0.15, 0.2) is 0 Å². The Bertz CT molecular complexity index is 279. The summed E-state index contributed by atoms with van der Waals surface area (Å²) in [5, 5.41) is 3.77. The molecule has 1 N–H and O–H groups in total. The van der Waals surface area contributed by atoms with Crippen molar-refractivity contribution in [2.75, 3.05) is 26.2 Å². The van der Waals surface area contributed by atoms with E-state index >= 15 is 0 Å². The van der Waals surface area contributed by atoms with Crippen molar-refractivity contribution in [3.63, 3.8) is 0 Å². The molecule has 120 valence electrons. The SMILES string of the molecule is CCC1(CC)CNC(C(C)C)CN1CCOC(C)(C)C. The Balaban J connectivity index is 2.67. The molecule has 1 saturated heterocycles. The van der Waals surface area contributed by atoms with Gasteiger partial charge in [-0.15, -0.1) is 0 Å². The summed E-state index contributed by atoms with van der Waals surface area (Å²) >= 11 is 0. The van der Waals surface area contributed by atoms with Crippen LogP contribution < -0.4 is 5.32 Å². The maximum Gasteiger partial charge on any atom is 0.0600 e. The van der Waals surface area contributed by atoms with Crippen molar-refractivity contribution < 1.29 is 4.74 Å². The highest BCUT2D eigenvalue weighted by atomic mass is 16.5. The van der Waals surface area contributed by atoms with E-state index in [4.69, 9.17) is 4.74 Å². The van der Waals surface area contributed by atoms with E-state index in [0.29, 0.717) is 17.5 Å². The van der Waals surface area contributed by atoms with Crippen LogP contribution in [0.5, 0.6) is 0 Å². The van der Waals surface area contributed by atoms with E-state index in [1.54, 1.807) is 0 Å². The van der Waals surface area contributed by atoms with Crippen molar-refractivity contribution >= 4 is 0 Å². The third kappa shape index (κ3) is 4.71. The first-order valence-electron chi connectivity index (χ1n) is 8.36. The third-order valence-electron chi connectivity index (χ3n) is 4.80. The fourth-order valence-electron chi connectivity index (χ4n) is 3.11. The summed E-state index contributed by atoms with van der Waals surface area (Å²) in [7, 11) is 0. The van der Waals surface area contributed by atoms with E-state index in [1.165, 1.54) is 12.8 Å². The van der Waals surface area contributed by atoms with Gasteiger partial charge in [-0.25, -0.2) is 0 Å². The fourth-order valence-corrected chi connectivity index (χ4v) is 3.11. The van der Waals surface area contributed by atoms with Crippen molar-refractivity contribution in [3.05, 3.63) is 0 Å². The zero-order chi connectivity index (χ0) is 15.4. The second-order valence-electron chi connectivity index (χ2n) is 7.57. The highest BCUT2D eigenvalue weighted by molar-refractivity contribution is 4.98. The van der Waals surface area contributed by atoms with E-state index in [9.17, 15) is 0 Å². The van der Waals surface area contributed by atoms with Gasteiger partial charge in [-0.3, -0.25) is 4.90 Å². The highest BCUT2D eigenvalue weighted by Gasteiger charge is 2.39. The normalized spacial score (nSPS) is 24.3. The molecule has 3 nitrogen and oxygen atoms in total. The summed E-state index contributed by atoms with van der Waals surface area (Å²) in [5.74, 6) is 0.688. The molecule has 0 aromatic carbocycles. The molecule has 0 spiro atoms. The van der Waals surface area contributed by atoms with Gasteiger partial charge in [0, 0.05) is 31.2 Å². The first-order valence-corrected chi connectivity index (χ1v) is 8.36. The van der Waals surface area contributed by atoms with Crippen LogP contribution in [0, 0.1) is 5.92 Å². The molecule has 0 amide bonds. The Hall–Kier alpha value is -0.120. The molecule has 1 aliphatic heterocycles. The molecule has 1 heterocycles. The molecule has 0 aliphatic carbocycles. The van der Waals surface area contributed by atoms with Crippen molar-refractivity contribution in [1.82, 2.24) is 10.2 Å². The van der Waals surface area contributed by atoms with Crippen LogP contribution in [-0.2, 0) is 4.74 Å². The minimum Gasteiger partial charge on any atom is -0.375 e. The van der Waals surface area contributed by atoms with E-state index in [0.717, 1.165) is 26.2 Å². The van der Waals surface area contributed by atoms with Crippen LogP contribution in [0.4, 0.5) is 0 Å². The number of rotatable bonds is 6. The third-order valence-corrected chi connectivity index (χ3v) is 4.80. The number of nitrogens with zero attached hydrogens (tertiary/aromatic N) is 1. The van der Waals surface area contributed by atoms with E-state index in [2.05, 4.69) is 58.7 Å². The van der Waals surface area contributed by atoms with Gasteiger partial charge in [0.1, 0.15) is 0 Å². The lowest BCUT2D eigenvalue weighted by atomic mass is 9.85. The standard InChI is InChI=1S/C17H36N2O/c1-8-17(9-2)13-18-15(14(3)4)12-19(17)10-11-20-16(5,6)7/h14-15,18H,8-13H2,1-7H3. The van der Waals surface area contributed by atoms with Crippen LogP contribution in [0.25, 0.3) is 0 Å². The van der Waals surface area contributed by atoms with Crippen LogP contribution >= 0.6 is 0 Å². The molecular weight excluding hydrogens is 248 g/mol. The zero-order valence-electron chi connectivity index (χ0n) is 14.8. The quantitative estimate of drug-likeness (QED) is 0.810. The Morgan fingerprint density at radius 2 is 1.85 bits per heavy atom. The number of hydrogen-bond donors (Lipinski definition) is 1. The maximum absolute atomic E-state index is 5.95. The lowest BCUT2D eigenvalue weighted by Gasteiger charge is -2.50. The summed E-state index contributed by atoms with van der Waals surface area (Å²) in [4.78, 5) is 2.68. The predicted octanol–water partition coefficient (Wildman–Crippen LogP) is 3.29. The molecule has 1 fully saturated rings.